The summed E-state index contributed by atoms with van der Waals surface area (Å²) in [5.74, 6) is -0.173. The van der Waals surface area contributed by atoms with Gasteiger partial charge in [0.1, 0.15) is 5.75 Å². The predicted molar refractivity (Wildman–Crippen MR) is 50.4 cm³/mol. The summed E-state index contributed by atoms with van der Waals surface area (Å²) in [6.45, 7) is 0. The molecule has 1 aliphatic heterocycles. The van der Waals surface area contributed by atoms with Crippen LogP contribution in [0, 0.1) is 0 Å². The zero-order valence-corrected chi connectivity index (χ0v) is 7.88. The van der Waals surface area contributed by atoms with Crippen LogP contribution in [0.15, 0.2) is 24.3 Å². The summed E-state index contributed by atoms with van der Waals surface area (Å²) >= 11 is 0. The molecule has 5 nitrogen and oxygen atoms in total. The minimum atomic E-state index is -0.847. The van der Waals surface area contributed by atoms with Crippen LogP contribution in [0.3, 0.4) is 0 Å². The van der Waals surface area contributed by atoms with E-state index in [1.165, 1.54) is 5.48 Å². The molecule has 1 aromatic carbocycles. The van der Waals surface area contributed by atoms with Crippen molar-refractivity contribution < 1.29 is 19.8 Å². The zero-order valence-electron chi connectivity index (χ0n) is 7.88. The number of hydroxylamine groups is 1. The van der Waals surface area contributed by atoms with E-state index in [1.54, 1.807) is 24.3 Å². The summed E-state index contributed by atoms with van der Waals surface area (Å²) < 4.78 is 5.32. The molecule has 5 heteroatoms. The standard InChI is InChI=1S/C10H11NO4/c12-7-5-9(10(13)11-14)15-8-4-2-1-3-6(7)8/h1-4,7,9,12,14H,5H2,(H,11,13)/t7-,9+/m1/s1. The quantitative estimate of drug-likeness (QED) is 0.461. The van der Waals surface area contributed by atoms with Gasteiger partial charge in [0.25, 0.3) is 5.91 Å². The lowest BCUT2D eigenvalue weighted by molar-refractivity contribution is -0.138. The van der Waals surface area contributed by atoms with E-state index in [0.717, 1.165) is 0 Å². The number of amides is 1. The molecule has 0 aromatic heterocycles. The van der Waals surface area contributed by atoms with Crippen molar-refractivity contribution in [2.24, 2.45) is 0 Å². The van der Waals surface area contributed by atoms with Crippen molar-refractivity contribution in [3.05, 3.63) is 29.8 Å². The molecule has 15 heavy (non-hydrogen) atoms. The van der Waals surface area contributed by atoms with Gasteiger partial charge in [-0.25, -0.2) is 5.48 Å². The molecule has 0 aliphatic carbocycles. The fourth-order valence-corrected chi connectivity index (χ4v) is 1.63. The fraction of sp³-hybridized carbons (Fsp3) is 0.300. The van der Waals surface area contributed by atoms with Crippen molar-refractivity contribution in [1.29, 1.82) is 0 Å². The van der Waals surface area contributed by atoms with Crippen molar-refractivity contribution in [2.75, 3.05) is 0 Å². The van der Waals surface area contributed by atoms with Gasteiger partial charge in [0.15, 0.2) is 6.10 Å². The second-order valence-electron chi connectivity index (χ2n) is 3.37. The third-order valence-electron chi connectivity index (χ3n) is 2.39. The number of nitrogens with one attached hydrogen (secondary N) is 1. The minimum Gasteiger partial charge on any atom is -0.480 e. The van der Waals surface area contributed by atoms with Gasteiger partial charge in [-0.05, 0) is 6.07 Å². The minimum absolute atomic E-state index is 0.142. The third-order valence-corrected chi connectivity index (χ3v) is 2.39. The third kappa shape index (κ3) is 1.79. The van der Waals surface area contributed by atoms with E-state index in [2.05, 4.69) is 0 Å². The number of ether oxygens (including phenoxy) is 1. The van der Waals surface area contributed by atoms with Gasteiger partial charge in [0, 0.05) is 12.0 Å². The first-order valence-electron chi connectivity index (χ1n) is 4.60. The van der Waals surface area contributed by atoms with Gasteiger partial charge in [-0.3, -0.25) is 10.0 Å². The van der Waals surface area contributed by atoms with E-state index < -0.39 is 18.1 Å². The largest absolute Gasteiger partial charge is 0.480 e. The Labute approximate surface area is 86.3 Å². The first kappa shape index (κ1) is 9.95. The van der Waals surface area contributed by atoms with Crippen molar-refractivity contribution in [2.45, 2.75) is 18.6 Å². The number of aliphatic hydroxyl groups excluding tert-OH is 1. The summed E-state index contributed by atoms with van der Waals surface area (Å²) in [4.78, 5) is 11.1. The maximum absolute atomic E-state index is 11.1. The highest BCUT2D eigenvalue weighted by atomic mass is 16.5. The predicted octanol–water partition coefficient (Wildman–Crippen LogP) is 0.376. The summed E-state index contributed by atoms with van der Waals surface area (Å²) in [6, 6.07) is 6.96. The van der Waals surface area contributed by atoms with Crippen LogP contribution in [0.4, 0.5) is 0 Å². The topological polar surface area (TPSA) is 78.8 Å². The van der Waals surface area contributed by atoms with E-state index in [4.69, 9.17) is 9.94 Å². The van der Waals surface area contributed by atoms with Crippen LogP contribution in [0.1, 0.15) is 18.1 Å². The summed E-state index contributed by atoms with van der Waals surface area (Å²) in [5, 5.41) is 18.2. The van der Waals surface area contributed by atoms with Gasteiger partial charge in [0.05, 0.1) is 6.10 Å². The van der Waals surface area contributed by atoms with Gasteiger partial charge in [-0.15, -0.1) is 0 Å². The van der Waals surface area contributed by atoms with Crippen LogP contribution in [-0.2, 0) is 4.79 Å². The van der Waals surface area contributed by atoms with Gasteiger partial charge in [-0.1, -0.05) is 18.2 Å². The molecule has 0 saturated heterocycles. The molecule has 80 valence electrons. The Morgan fingerprint density at radius 1 is 1.47 bits per heavy atom. The molecule has 0 radical (unpaired) electrons. The monoisotopic (exact) mass is 209 g/mol. The molecule has 0 spiro atoms. The maximum atomic E-state index is 11.1. The van der Waals surface area contributed by atoms with E-state index in [1.807, 2.05) is 0 Å². The molecule has 2 rings (SSSR count). The SMILES string of the molecule is O=C(NO)[C@@H]1C[C@@H](O)c2ccccc2O1. The first-order valence-corrected chi connectivity index (χ1v) is 4.60. The molecule has 1 amide bonds. The Kier molecular flexibility index (Phi) is 2.57. The first-order chi connectivity index (χ1) is 7.22. The molecule has 1 heterocycles. The van der Waals surface area contributed by atoms with Crippen molar-refractivity contribution in [1.82, 2.24) is 5.48 Å². The molecular weight excluding hydrogens is 198 g/mol. The summed E-state index contributed by atoms with van der Waals surface area (Å²) in [6.07, 6.45) is -1.44. The second-order valence-corrected chi connectivity index (χ2v) is 3.37. The number of rotatable bonds is 1. The number of hydrogen-bond donors (Lipinski definition) is 3. The Hall–Kier alpha value is -1.59. The molecule has 0 saturated carbocycles. The average molecular weight is 209 g/mol. The lowest BCUT2D eigenvalue weighted by Crippen LogP contribution is -2.40. The van der Waals surface area contributed by atoms with Gasteiger partial charge >= 0.3 is 0 Å². The number of hydrogen-bond acceptors (Lipinski definition) is 4. The summed E-state index contributed by atoms with van der Waals surface area (Å²) in [7, 11) is 0. The zero-order chi connectivity index (χ0) is 10.8. The molecular formula is C10H11NO4. The van der Waals surface area contributed by atoms with Crippen molar-refractivity contribution in [3.63, 3.8) is 0 Å². The Bertz CT molecular complexity index is 379. The molecule has 0 fully saturated rings. The van der Waals surface area contributed by atoms with Crippen LogP contribution in [0.5, 0.6) is 5.75 Å². The number of para-hydroxylation sites is 1. The van der Waals surface area contributed by atoms with Crippen LogP contribution in [0.2, 0.25) is 0 Å². The second kappa shape index (κ2) is 3.88. The normalized spacial score (nSPS) is 23.9. The highest BCUT2D eigenvalue weighted by Crippen LogP contribution is 2.34. The number of carbonyl (C=O) groups excluding carboxylic acids is 1. The highest BCUT2D eigenvalue weighted by Gasteiger charge is 2.31. The molecule has 3 N–H and O–H groups in total. The summed E-state index contributed by atoms with van der Waals surface area (Å²) in [5.41, 5.74) is 2.18. The lowest BCUT2D eigenvalue weighted by atomic mass is 9.99. The average Bonchev–Trinajstić information content (AvgIpc) is 2.28. The molecule has 1 aliphatic rings. The van der Waals surface area contributed by atoms with Gasteiger partial charge in [0.2, 0.25) is 0 Å². The van der Waals surface area contributed by atoms with Crippen molar-refractivity contribution >= 4 is 5.91 Å². The van der Waals surface area contributed by atoms with Crippen LogP contribution < -0.4 is 10.2 Å². The van der Waals surface area contributed by atoms with Crippen LogP contribution in [0.25, 0.3) is 0 Å². The lowest BCUT2D eigenvalue weighted by Gasteiger charge is -2.27. The Balaban J connectivity index is 2.26. The molecule has 2 atom stereocenters. The Morgan fingerprint density at radius 3 is 2.93 bits per heavy atom. The fourth-order valence-electron chi connectivity index (χ4n) is 1.63. The maximum Gasteiger partial charge on any atom is 0.284 e. The van der Waals surface area contributed by atoms with E-state index in [0.29, 0.717) is 11.3 Å². The number of carbonyl (C=O) groups is 1. The number of aliphatic hydroxyl groups is 1. The molecule has 1 aromatic rings. The van der Waals surface area contributed by atoms with E-state index in [-0.39, 0.29) is 6.42 Å². The van der Waals surface area contributed by atoms with E-state index in [9.17, 15) is 9.90 Å². The van der Waals surface area contributed by atoms with Gasteiger partial charge < -0.3 is 9.84 Å². The Morgan fingerprint density at radius 2 is 2.20 bits per heavy atom. The molecule has 0 bridgehead atoms. The number of benzene rings is 1. The van der Waals surface area contributed by atoms with E-state index >= 15 is 0 Å². The number of fused-ring (bicyclic) bond motifs is 1. The molecule has 0 unspecified atom stereocenters. The van der Waals surface area contributed by atoms with Gasteiger partial charge in [-0.2, -0.15) is 0 Å². The van der Waals surface area contributed by atoms with Crippen molar-refractivity contribution in [3.8, 4) is 5.75 Å². The van der Waals surface area contributed by atoms with Crippen LogP contribution >= 0.6 is 0 Å². The van der Waals surface area contributed by atoms with Crippen LogP contribution in [-0.4, -0.2) is 22.3 Å². The highest BCUT2D eigenvalue weighted by molar-refractivity contribution is 5.80. The smallest absolute Gasteiger partial charge is 0.284 e.